The van der Waals surface area contributed by atoms with Crippen molar-refractivity contribution in [2.45, 2.75) is 46.5 Å². The fourth-order valence-corrected chi connectivity index (χ4v) is 4.67. The van der Waals surface area contributed by atoms with Gasteiger partial charge in [-0.15, -0.1) is 4.98 Å². The first-order valence-electron chi connectivity index (χ1n) is 10.6. The minimum Gasteiger partial charge on any atom is -0.263 e. The van der Waals surface area contributed by atoms with E-state index in [2.05, 4.69) is 89.5 Å². The number of hydrogen-bond donors (Lipinski definition) is 0. The highest BCUT2D eigenvalue weighted by Gasteiger charge is 2.27. The summed E-state index contributed by atoms with van der Waals surface area (Å²) in [6.45, 7) is 11.2. The highest BCUT2D eigenvalue weighted by molar-refractivity contribution is 5.91. The number of fused-ring (bicyclic) bond motifs is 5. The normalized spacial score (nSPS) is 12.3. The van der Waals surface area contributed by atoms with Crippen molar-refractivity contribution < 1.29 is 4.57 Å². The van der Waals surface area contributed by atoms with Crippen molar-refractivity contribution in [3.63, 3.8) is 0 Å². The lowest BCUT2D eigenvalue weighted by Gasteiger charge is -2.20. The van der Waals surface area contributed by atoms with Crippen molar-refractivity contribution in [1.29, 1.82) is 0 Å². The number of rotatable bonds is 3. The third-order valence-corrected chi connectivity index (χ3v) is 6.08. The van der Waals surface area contributed by atoms with E-state index in [9.17, 15) is 0 Å². The molecule has 0 saturated carbocycles. The number of benzene rings is 2. The predicted molar refractivity (Wildman–Crippen MR) is 121 cm³/mol. The Morgan fingerprint density at radius 1 is 0.933 bits per heavy atom. The predicted octanol–water partition coefficient (Wildman–Crippen LogP) is 5.21. The number of nitrogens with zero attached hydrogens (tertiary/aromatic N) is 5. The molecule has 0 aliphatic rings. The van der Waals surface area contributed by atoms with Crippen molar-refractivity contribution in [3.05, 3.63) is 65.6 Å². The fourth-order valence-electron chi connectivity index (χ4n) is 4.67. The van der Waals surface area contributed by atoms with Gasteiger partial charge in [0.2, 0.25) is 6.33 Å². The maximum atomic E-state index is 5.07. The van der Waals surface area contributed by atoms with Gasteiger partial charge in [0.25, 0.3) is 11.4 Å². The average molecular weight is 399 g/mol. The van der Waals surface area contributed by atoms with Gasteiger partial charge in [0.1, 0.15) is 11.7 Å². The van der Waals surface area contributed by atoms with E-state index in [1.54, 1.807) is 0 Å². The number of aryl methyl sites for hydroxylation is 2. The first-order valence-corrected chi connectivity index (χ1v) is 10.6. The van der Waals surface area contributed by atoms with E-state index in [0.717, 1.165) is 16.9 Å². The molecule has 30 heavy (non-hydrogen) atoms. The SMILES string of the molecule is Cc1cccc2c1n1c(nc3cnc[n+](C)c31)n2-c1c(C(C)C)cccc1C(C)C. The second-order valence-electron chi connectivity index (χ2n) is 8.83. The van der Waals surface area contributed by atoms with Crippen molar-refractivity contribution in [3.8, 4) is 5.69 Å². The monoisotopic (exact) mass is 398 g/mol. The molecule has 0 aliphatic heterocycles. The minimum absolute atomic E-state index is 0.406. The summed E-state index contributed by atoms with van der Waals surface area (Å²) in [6.07, 6.45) is 3.70. The maximum Gasteiger partial charge on any atom is 0.282 e. The van der Waals surface area contributed by atoms with Crippen LogP contribution in [0.1, 0.15) is 56.2 Å². The topological polar surface area (TPSA) is 39.0 Å². The van der Waals surface area contributed by atoms with Crippen LogP contribution in [-0.4, -0.2) is 18.9 Å². The number of imidazole rings is 2. The minimum atomic E-state index is 0.406. The summed E-state index contributed by atoms with van der Waals surface area (Å²) in [6, 6.07) is 13.2. The van der Waals surface area contributed by atoms with Crippen LogP contribution >= 0.6 is 0 Å². The van der Waals surface area contributed by atoms with E-state index in [1.165, 1.54) is 33.4 Å². The molecule has 3 aromatic heterocycles. The van der Waals surface area contributed by atoms with Crippen LogP contribution < -0.4 is 4.57 Å². The molecule has 0 aliphatic carbocycles. The fraction of sp³-hybridized carbons (Fsp3) is 0.320. The molecule has 0 bridgehead atoms. The molecule has 0 fully saturated rings. The first-order chi connectivity index (χ1) is 14.4. The Hall–Kier alpha value is -3.21. The van der Waals surface area contributed by atoms with Crippen molar-refractivity contribution in [2.75, 3.05) is 0 Å². The summed E-state index contributed by atoms with van der Waals surface area (Å²) in [4.78, 5) is 9.44. The zero-order valence-electron chi connectivity index (χ0n) is 18.5. The maximum absolute atomic E-state index is 5.07. The number of hydrogen-bond acceptors (Lipinski definition) is 2. The van der Waals surface area contributed by atoms with Gasteiger partial charge in [-0.1, -0.05) is 58.0 Å². The summed E-state index contributed by atoms with van der Waals surface area (Å²) in [5, 5.41) is 0. The van der Waals surface area contributed by atoms with Crippen LogP contribution in [0, 0.1) is 6.92 Å². The molecule has 0 amide bonds. The lowest BCUT2D eigenvalue weighted by atomic mass is 9.92. The molecule has 2 aromatic carbocycles. The molecule has 152 valence electrons. The lowest BCUT2D eigenvalue weighted by molar-refractivity contribution is -0.650. The second kappa shape index (κ2) is 6.66. The highest BCUT2D eigenvalue weighted by Crippen LogP contribution is 2.36. The molecular weight excluding hydrogens is 370 g/mol. The molecule has 5 rings (SSSR count). The smallest absolute Gasteiger partial charge is 0.263 e. The van der Waals surface area contributed by atoms with E-state index in [0.29, 0.717) is 11.8 Å². The van der Waals surface area contributed by atoms with Gasteiger partial charge < -0.3 is 0 Å². The quantitative estimate of drug-likeness (QED) is 0.392. The lowest BCUT2D eigenvalue weighted by Crippen LogP contribution is -2.30. The highest BCUT2D eigenvalue weighted by atomic mass is 15.3. The zero-order chi connectivity index (χ0) is 21.2. The van der Waals surface area contributed by atoms with Crippen molar-refractivity contribution in [2.24, 2.45) is 7.05 Å². The molecule has 0 saturated heterocycles. The van der Waals surface area contributed by atoms with E-state index < -0.39 is 0 Å². The van der Waals surface area contributed by atoms with Crippen molar-refractivity contribution in [1.82, 2.24) is 18.9 Å². The first kappa shape index (κ1) is 18.8. The molecule has 3 heterocycles. The van der Waals surface area contributed by atoms with E-state index >= 15 is 0 Å². The van der Waals surface area contributed by atoms with Gasteiger partial charge in [0.05, 0.1) is 18.3 Å². The van der Waals surface area contributed by atoms with Gasteiger partial charge in [-0.05, 0) is 41.5 Å². The van der Waals surface area contributed by atoms with Gasteiger partial charge in [-0.3, -0.25) is 4.57 Å². The third kappa shape index (κ3) is 2.51. The van der Waals surface area contributed by atoms with Gasteiger partial charge >= 0.3 is 0 Å². The third-order valence-electron chi connectivity index (χ3n) is 6.08. The molecule has 5 aromatic rings. The number of aromatic nitrogens is 5. The van der Waals surface area contributed by atoms with Crippen LogP contribution in [0.3, 0.4) is 0 Å². The van der Waals surface area contributed by atoms with Crippen molar-refractivity contribution >= 4 is 28.0 Å². The Morgan fingerprint density at radius 3 is 2.27 bits per heavy atom. The Kier molecular flexibility index (Phi) is 4.17. The van der Waals surface area contributed by atoms with E-state index in [-0.39, 0.29) is 0 Å². The Morgan fingerprint density at radius 2 is 1.60 bits per heavy atom. The molecule has 5 nitrogen and oxygen atoms in total. The molecule has 5 heteroatoms. The molecule has 0 N–H and O–H groups in total. The van der Waals surface area contributed by atoms with Gasteiger partial charge in [-0.2, -0.15) is 9.38 Å². The largest absolute Gasteiger partial charge is 0.282 e. The number of para-hydroxylation sites is 2. The van der Waals surface area contributed by atoms with E-state index in [4.69, 9.17) is 4.98 Å². The standard InChI is InChI=1S/C25H28N5/c1-15(2)18-10-8-11-19(16(3)4)23(18)29-21-12-7-9-17(5)22(21)30-24-20(27-25(29)30)13-26-14-28(24)6/h7-16H,1-6H3/q+1. The summed E-state index contributed by atoms with van der Waals surface area (Å²) >= 11 is 0. The molecule has 0 atom stereocenters. The van der Waals surface area contributed by atoms with Crippen LogP contribution in [0.5, 0.6) is 0 Å². The zero-order valence-corrected chi connectivity index (χ0v) is 18.5. The summed E-state index contributed by atoms with van der Waals surface area (Å²) in [7, 11) is 2.03. The summed E-state index contributed by atoms with van der Waals surface area (Å²) < 4.78 is 6.72. The van der Waals surface area contributed by atoms with Crippen LogP contribution in [0.4, 0.5) is 0 Å². The summed E-state index contributed by atoms with van der Waals surface area (Å²) in [5.74, 6) is 1.75. The second-order valence-corrected chi connectivity index (χ2v) is 8.83. The van der Waals surface area contributed by atoms with Crippen LogP contribution in [-0.2, 0) is 7.05 Å². The van der Waals surface area contributed by atoms with Crippen LogP contribution in [0.25, 0.3) is 33.7 Å². The molecule has 0 radical (unpaired) electrons. The van der Waals surface area contributed by atoms with Gasteiger partial charge in [0, 0.05) is 0 Å². The molecule has 0 spiro atoms. The Balaban J connectivity index is 2.08. The summed E-state index contributed by atoms with van der Waals surface area (Å²) in [5.41, 5.74) is 9.54. The Labute approximate surface area is 176 Å². The van der Waals surface area contributed by atoms with Gasteiger partial charge in [0.15, 0.2) is 5.52 Å². The van der Waals surface area contributed by atoms with E-state index in [1.807, 2.05) is 19.6 Å². The molecular formula is C25H28N5+. The van der Waals surface area contributed by atoms with Crippen LogP contribution in [0.15, 0.2) is 48.9 Å². The Bertz CT molecular complexity index is 1390. The average Bonchev–Trinajstić information content (AvgIpc) is 3.22. The van der Waals surface area contributed by atoms with Gasteiger partial charge in [-0.25, -0.2) is 4.57 Å². The van der Waals surface area contributed by atoms with Crippen LogP contribution in [0.2, 0.25) is 0 Å². The molecule has 0 unspecified atom stereocenters.